The van der Waals surface area contributed by atoms with Crippen molar-refractivity contribution in [1.29, 1.82) is 0 Å². The summed E-state index contributed by atoms with van der Waals surface area (Å²) in [4.78, 5) is 49.7. The average molecular weight is 629 g/mol. The van der Waals surface area contributed by atoms with Crippen LogP contribution in [0.3, 0.4) is 0 Å². The predicted octanol–water partition coefficient (Wildman–Crippen LogP) is 5.40. The van der Waals surface area contributed by atoms with Crippen LogP contribution in [-0.2, 0) is 20.8 Å². The number of amides is 2. The summed E-state index contributed by atoms with van der Waals surface area (Å²) >= 11 is 6.15. The van der Waals surface area contributed by atoms with Crippen LogP contribution in [0.15, 0.2) is 12.4 Å². The lowest BCUT2D eigenvalue weighted by molar-refractivity contribution is -0.140. The van der Waals surface area contributed by atoms with Crippen LogP contribution >= 0.6 is 11.6 Å². The molecule has 1 aliphatic heterocycles. The molecule has 2 amide bonds. The van der Waals surface area contributed by atoms with Gasteiger partial charge in [0.25, 0.3) is 0 Å². The molecule has 4 rings (SSSR count). The number of ether oxygens (including phenoxy) is 3. The first-order valence-corrected chi connectivity index (χ1v) is 13.6. The zero-order chi connectivity index (χ0) is 31.9. The SMILES string of the molecule is C[C@H]1COCCN1c1nc(-c2cnc(N(C(=O)OC(C)(C)C)C(=O)OC(C)(C)C)nc2)nc2c1nc(Cl)n2CC(F)(F)F. The van der Waals surface area contributed by atoms with Gasteiger partial charge in [0.15, 0.2) is 22.8 Å². The van der Waals surface area contributed by atoms with E-state index in [0.717, 1.165) is 4.57 Å². The molecule has 0 unspecified atom stereocenters. The molecule has 3 aromatic heterocycles. The summed E-state index contributed by atoms with van der Waals surface area (Å²) < 4.78 is 57.3. The lowest BCUT2D eigenvalue weighted by Gasteiger charge is -2.34. The van der Waals surface area contributed by atoms with E-state index in [1.54, 1.807) is 41.5 Å². The normalized spacial score (nSPS) is 16.3. The summed E-state index contributed by atoms with van der Waals surface area (Å²) in [5.74, 6) is -0.138. The third kappa shape index (κ3) is 7.79. The average Bonchev–Trinajstić information content (AvgIpc) is 3.16. The highest BCUT2D eigenvalue weighted by Crippen LogP contribution is 2.33. The molecule has 0 radical (unpaired) electrons. The molecular formula is C26H32ClF3N8O5. The maximum absolute atomic E-state index is 13.4. The Kier molecular flexibility index (Phi) is 8.75. The van der Waals surface area contributed by atoms with E-state index in [1.165, 1.54) is 12.4 Å². The van der Waals surface area contributed by atoms with Crippen molar-refractivity contribution in [2.75, 3.05) is 29.6 Å². The van der Waals surface area contributed by atoms with E-state index in [9.17, 15) is 22.8 Å². The van der Waals surface area contributed by atoms with Gasteiger partial charge < -0.3 is 19.1 Å². The number of carbonyl (C=O) groups excluding carboxylic acids is 2. The number of hydrogen-bond donors (Lipinski definition) is 0. The van der Waals surface area contributed by atoms with Crippen molar-refractivity contribution >= 4 is 46.7 Å². The Morgan fingerprint density at radius 2 is 1.60 bits per heavy atom. The second kappa shape index (κ2) is 11.7. The van der Waals surface area contributed by atoms with Crippen molar-refractivity contribution in [1.82, 2.24) is 29.5 Å². The third-order valence-corrected chi connectivity index (χ3v) is 6.04. The van der Waals surface area contributed by atoms with Crippen molar-refractivity contribution in [2.45, 2.75) is 78.4 Å². The van der Waals surface area contributed by atoms with Gasteiger partial charge in [0.05, 0.1) is 24.8 Å². The van der Waals surface area contributed by atoms with Crippen molar-refractivity contribution in [3.05, 3.63) is 17.7 Å². The maximum atomic E-state index is 13.4. The summed E-state index contributed by atoms with van der Waals surface area (Å²) in [5.41, 5.74) is -1.78. The summed E-state index contributed by atoms with van der Waals surface area (Å²) in [6.45, 7) is 11.3. The van der Waals surface area contributed by atoms with Crippen molar-refractivity contribution < 1.29 is 37.0 Å². The van der Waals surface area contributed by atoms with Crippen LogP contribution < -0.4 is 9.80 Å². The topological polar surface area (TPSA) is 138 Å². The summed E-state index contributed by atoms with van der Waals surface area (Å²) in [6, 6.07) is -0.180. The first kappa shape index (κ1) is 32.1. The van der Waals surface area contributed by atoms with Gasteiger partial charge in [-0.05, 0) is 60.1 Å². The van der Waals surface area contributed by atoms with Gasteiger partial charge in [-0.1, -0.05) is 0 Å². The molecule has 0 aromatic carbocycles. The van der Waals surface area contributed by atoms with Crippen LogP contribution in [0.2, 0.25) is 5.28 Å². The minimum Gasteiger partial charge on any atom is -0.443 e. The van der Waals surface area contributed by atoms with Crippen LogP contribution in [-0.4, -0.2) is 84.9 Å². The van der Waals surface area contributed by atoms with Crippen molar-refractivity contribution in [3.8, 4) is 11.4 Å². The Hall–Kier alpha value is -3.79. The Balaban J connectivity index is 1.81. The molecule has 13 nitrogen and oxygen atoms in total. The van der Waals surface area contributed by atoms with E-state index in [4.69, 9.17) is 25.8 Å². The van der Waals surface area contributed by atoms with Gasteiger partial charge >= 0.3 is 18.4 Å². The van der Waals surface area contributed by atoms with E-state index in [-0.39, 0.29) is 40.4 Å². The lowest BCUT2D eigenvalue weighted by atomic mass is 10.2. The quantitative estimate of drug-likeness (QED) is 0.343. The van der Waals surface area contributed by atoms with Crippen molar-refractivity contribution in [3.63, 3.8) is 0 Å². The fourth-order valence-corrected chi connectivity index (χ4v) is 4.28. The molecule has 0 spiro atoms. The fraction of sp³-hybridized carbons (Fsp3) is 0.577. The first-order chi connectivity index (χ1) is 19.8. The van der Waals surface area contributed by atoms with Crippen LogP contribution in [0.25, 0.3) is 22.6 Å². The second-order valence-corrected chi connectivity index (χ2v) is 12.1. The second-order valence-electron chi connectivity index (χ2n) is 11.8. The molecule has 4 heterocycles. The lowest BCUT2D eigenvalue weighted by Crippen LogP contribution is -2.44. The number of rotatable bonds is 4. The molecule has 0 bridgehead atoms. The summed E-state index contributed by atoms with van der Waals surface area (Å²) in [6.07, 6.45) is -4.29. The maximum Gasteiger partial charge on any atom is 0.427 e. The Morgan fingerprint density at radius 1 is 1.02 bits per heavy atom. The molecule has 43 heavy (non-hydrogen) atoms. The Labute approximate surface area is 250 Å². The molecular weight excluding hydrogens is 597 g/mol. The van der Waals surface area contributed by atoms with E-state index in [2.05, 4.69) is 24.9 Å². The molecule has 1 atom stereocenters. The number of imidazole rings is 1. The molecule has 1 aliphatic rings. The zero-order valence-corrected chi connectivity index (χ0v) is 25.4. The van der Waals surface area contributed by atoms with Gasteiger partial charge in [0, 0.05) is 18.9 Å². The number of morpholine rings is 1. The first-order valence-electron chi connectivity index (χ1n) is 13.3. The Bertz CT molecular complexity index is 1470. The van der Waals surface area contributed by atoms with Crippen LogP contribution in [0.5, 0.6) is 0 Å². The number of carbonyl (C=O) groups is 2. The molecule has 1 saturated heterocycles. The van der Waals surface area contributed by atoms with Gasteiger partial charge in [-0.2, -0.15) is 13.2 Å². The number of anilines is 2. The molecule has 0 N–H and O–H groups in total. The minimum absolute atomic E-state index is 0.0335. The van der Waals surface area contributed by atoms with Crippen LogP contribution in [0, 0.1) is 0 Å². The number of imide groups is 1. The van der Waals surface area contributed by atoms with Gasteiger partial charge in [-0.25, -0.2) is 34.5 Å². The number of hydrogen-bond acceptors (Lipinski definition) is 11. The number of halogens is 4. The number of alkyl halides is 3. The van der Waals surface area contributed by atoms with E-state index in [0.29, 0.717) is 24.7 Å². The van der Waals surface area contributed by atoms with E-state index >= 15 is 0 Å². The van der Waals surface area contributed by atoms with Crippen LogP contribution in [0.1, 0.15) is 48.5 Å². The highest BCUT2D eigenvalue weighted by Gasteiger charge is 2.36. The van der Waals surface area contributed by atoms with Gasteiger partial charge in [-0.3, -0.25) is 4.57 Å². The largest absolute Gasteiger partial charge is 0.443 e. The number of nitrogens with zero attached hydrogens (tertiary/aromatic N) is 8. The molecule has 3 aromatic rings. The van der Waals surface area contributed by atoms with Crippen molar-refractivity contribution in [2.24, 2.45) is 0 Å². The summed E-state index contributed by atoms with van der Waals surface area (Å²) in [5, 5.41) is -0.405. The van der Waals surface area contributed by atoms with Gasteiger partial charge in [0.1, 0.15) is 17.7 Å². The molecule has 17 heteroatoms. The zero-order valence-electron chi connectivity index (χ0n) is 24.7. The summed E-state index contributed by atoms with van der Waals surface area (Å²) in [7, 11) is 0. The van der Waals surface area contributed by atoms with Gasteiger partial charge in [0.2, 0.25) is 11.2 Å². The van der Waals surface area contributed by atoms with Crippen LogP contribution in [0.4, 0.5) is 34.5 Å². The standard InChI is InChI=1S/C26H32ClF3N8O5/c1-14-12-41-9-8-36(14)18-16-19(37(20(27)33-16)13-26(28,29)30)35-17(34-18)15-10-31-21(32-11-15)38(22(39)42-24(2,3)4)23(40)43-25(5,6)7/h10-11,14H,8-9,12-13H2,1-7H3/t14-/m0/s1. The smallest absolute Gasteiger partial charge is 0.427 e. The molecule has 234 valence electrons. The molecule has 0 saturated carbocycles. The molecule has 0 aliphatic carbocycles. The number of fused-ring (bicyclic) bond motifs is 1. The highest BCUT2D eigenvalue weighted by molar-refractivity contribution is 6.29. The minimum atomic E-state index is -4.60. The van der Waals surface area contributed by atoms with E-state index in [1.807, 2.05) is 11.8 Å². The predicted molar refractivity (Wildman–Crippen MR) is 150 cm³/mol. The Morgan fingerprint density at radius 3 is 2.12 bits per heavy atom. The van der Waals surface area contributed by atoms with Gasteiger partial charge in [-0.15, -0.1) is 4.90 Å². The highest BCUT2D eigenvalue weighted by atomic mass is 35.5. The third-order valence-electron chi connectivity index (χ3n) is 5.76. The molecule has 1 fully saturated rings. The number of aromatic nitrogens is 6. The fourth-order valence-electron chi connectivity index (χ4n) is 4.06. The van der Waals surface area contributed by atoms with E-state index < -0.39 is 41.4 Å². The monoisotopic (exact) mass is 628 g/mol.